The first kappa shape index (κ1) is 20.8. The molecule has 1 saturated heterocycles. The fraction of sp³-hybridized carbons (Fsp3) is 0.370. The number of aliphatic imine (C=N–C) groups is 1. The molecule has 0 radical (unpaired) electrons. The lowest BCUT2D eigenvalue weighted by molar-refractivity contribution is -0.134. The van der Waals surface area contributed by atoms with Gasteiger partial charge in [-0.15, -0.1) is 11.3 Å². The quantitative estimate of drug-likeness (QED) is 0.592. The molecule has 6 heteroatoms. The van der Waals surface area contributed by atoms with Crippen molar-refractivity contribution in [1.82, 2.24) is 14.8 Å². The van der Waals surface area contributed by atoms with Gasteiger partial charge in [-0.25, -0.2) is 0 Å². The summed E-state index contributed by atoms with van der Waals surface area (Å²) in [6.07, 6.45) is 2.35. The summed E-state index contributed by atoms with van der Waals surface area (Å²) in [6, 6.07) is 13.3. The van der Waals surface area contributed by atoms with E-state index in [-0.39, 0.29) is 11.9 Å². The fourth-order valence-corrected chi connectivity index (χ4v) is 6.53. The number of amides is 1. The normalized spacial score (nSPS) is 22.4. The van der Waals surface area contributed by atoms with E-state index in [0.717, 1.165) is 36.6 Å². The van der Waals surface area contributed by atoms with E-state index in [1.807, 2.05) is 30.5 Å². The lowest BCUT2D eigenvalue weighted by Crippen LogP contribution is -2.46. The number of carbonyl (C=O) groups excluding carboxylic acids is 1. The first-order valence-corrected chi connectivity index (χ1v) is 12.7. The molecule has 3 aliphatic rings. The van der Waals surface area contributed by atoms with Crippen LogP contribution >= 0.6 is 11.3 Å². The number of fused-ring (bicyclic) bond motifs is 2. The first-order chi connectivity index (χ1) is 16.1. The smallest absolute Gasteiger partial charge is 0.227 e. The number of pyridine rings is 1. The Morgan fingerprint density at radius 1 is 1.12 bits per heavy atom. The van der Waals surface area contributed by atoms with Crippen molar-refractivity contribution in [3.05, 3.63) is 86.4 Å². The monoisotopic (exact) mass is 456 g/mol. The predicted octanol–water partition coefficient (Wildman–Crippen LogP) is 4.18. The maximum atomic E-state index is 13.4. The van der Waals surface area contributed by atoms with Crippen LogP contribution in [0, 0.1) is 6.92 Å². The molecule has 3 aromatic rings. The van der Waals surface area contributed by atoms with Gasteiger partial charge < -0.3 is 9.80 Å². The lowest BCUT2D eigenvalue weighted by Gasteiger charge is -2.36. The highest BCUT2D eigenvalue weighted by Gasteiger charge is 2.41. The molecule has 0 aliphatic carbocycles. The molecular formula is C27H28N4OS. The van der Waals surface area contributed by atoms with E-state index in [1.165, 1.54) is 27.1 Å². The third kappa shape index (κ3) is 3.62. The summed E-state index contributed by atoms with van der Waals surface area (Å²) < 4.78 is 0. The van der Waals surface area contributed by atoms with Crippen LogP contribution in [0.2, 0.25) is 0 Å². The number of nitrogens with zero attached hydrogens (tertiary/aromatic N) is 4. The van der Waals surface area contributed by atoms with E-state index < -0.39 is 0 Å². The highest BCUT2D eigenvalue weighted by molar-refractivity contribution is 7.10. The highest BCUT2D eigenvalue weighted by atomic mass is 32.1. The second-order valence-corrected chi connectivity index (χ2v) is 10.3. The van der Waals surface area contributed by atoms with Gasteiger partial charge in [0.25, 0.3) is 0 Å². The average Bonchev–Trinajstić information content (AvgIpc) is 3.56. The van der Waals surface area contributed by atoms with Gasteiger partial charge in [0, 0.05) is 53.4 Å². The molecular weight excluding hydrogens is 428 g/mol. The molecule has 0 saturated carbocycles. The van der Waals surface area contributed by atoms with E-state index in [4.69, 9.17) is 4.99 Å². The van der Waals surface area contributed by atoms with Crippen molar-refractivity contribution in [2.45, 2.75) is 45.3 Å². The molecule has 0 unspecified atom stereocenters. The summed E-state index contributed by atoms with van der Waals surface area (Å²) in [6.45, 7) is 8.61. The van der Waals surface area contributed by atoms with Gasteiger partial charge in [0.1, 0.15) is 0 Å². The number of benzene rings is 1. The highest BCUT2D eigenvalue weighted by Crippen LogP contribution is 2.37. The molecule has 33 heavy (non-hydrogen) atoms. The van der Waals surface area contributed by atoms with Crippen molar-refractivity contribution in [1.29, 1.82) is 0 Å². The summed E-state index contributed by atoms with van der Waals surface area (Å²) in [7, 11) is 0. The summed E-state index contributed by atoms with van der Waals surface area (Å²) >= 11 is 1.82. The van der Waals surface area contributed by atoms with E-state index in [0.29, 0.717) is 25.4 Å². The third-order valence-electron chi connectivity index (χ3n) is 7.38. The van der Waals surface area contributed by atoms with Crippen molar-refractivity contribution in [2.24, 2.45) is 4.99 Å². The van der Waals surface area contributed by atoms with Crippen molar-refractivity contribution < 1.29 is 4.79 Å². The fourth-order valence-electron chi connectivity index (χ4n) is 5.65. The van der Waals surface area contributed by atoms with Crippen LogP contribution in [0.1, 0.15) is 51.2 Å². The molecule has 3 aliphatic heterocycles. The summed E-state index contributed by atoms with van der Waals surface area (Å²) in [5.74, 6) is 0.651. The van der Waals surface area contributed by atoms with Gasteiger partial charge in [-0.3, -0.25) is 14.8 Å². The minimum Gasteiger partial charge on any atom is -0.333 e. The summed E-state index contributed by atoms with van der Waals surface area (Å²) in [5, 5.41) is 2.15. The molecule has 2 atom stereocenters. The van der Waals surface area contributed by atoms with Crippen LogP contribution < -0.4 is 0 Å². The number of hydrogen-bond donors (Lipinski definition) is 0. The molecule has 0 spiro atoms. The summed E-state index contributed by atoms with van der Waals surface area (Å²) in [4.78, 5) is 28.6. The largest absolute Gasteiger partial charge is 0.333 e. The summed E-state index contributed by atoms with van der Waals surface area (Å²) in [5.41, 5.74) is 8.07. The Morgan fingerprint density at radius 3 is 2.82 bits per heavy atom. The van der Waals surface area contributed by atoms with Gasteiger partial charge >= 0.3 is 0 Å². The van der Waals surface area contributed by atoms with Crippen LogP contribution in [0.5, 0.6) is 0 Å². The molecule has 5 nitrogen and oxygen atoms in total. The molecule has 1 fully saturated rings. The zero-order valence-corrected chi connectivity index (χ0v) is 19.9. The maximum absolute atomic E-state index is 13.4. The second-order valence-electron chi connectivity index (χ2n) is 9.37. The number of carbonyl (C=O) groups is 1. The van der Waals surface area contributed by atoms with Gasteiger partial charge in [-0.05, 0) is 59.8 Å². The van der Waals surface area contributed by atoms with Gasteiger partial charge in [0.15, 0.2) is 0 Å². The Kier molecular flexibility index (Phi) is 5.15. The number of likely N-dealkylation sites (tertiary alicyclic amines) is 1. The number of hydrogen-bond acceptors (Lipinski definition) is 5. The second kappa shape index (κ2) is 8.19. The van der Waals surface area contributed by atoms with Crippen LogP contribution in [0.3, 0.4) is 0 Å². The predicted molar refractivity (Wildman–Crippen MR) is 132 cm³/mol. The molecule has 2 aromatic heterocycles. The first-order valence-electron chi connectivity index (χ1n) is 11.8. The SMILES string of the molecule is CCN1C[C@@H](N2Cc3cc4c(cc3CC2=O)CN=C4c2ccnc(C)c2)[C@H](c2cccs2)C1. The molecule has 0 N–H and O–H groups in total. The van der Waals surface area contributed by atoms with E-state index in [1.54, 1.807) is 0 Å². The Morgan fingerprint density at radius 2 is 2.03 bits per heavy atom. The minimum absolute atomic E-state index is 0.230. The zero-order chi connectivity index (χ0) is 22.5. The van der Waals surface area contributed by atoms with Crippen LogP contribution in [-0.2, 0) is 24.3 Å². The Balaban J connectivity index is 1.33. The topological polar surface area (TPSA) is 48.8 Å². The maximum Gasteiger partial charge on any atom is 0.227 e. The van der Waals surface area contributed by atoms with Gasteiger partial charge in [-0.2, -0.15) is 0 Å². The van der Waals surface area contributed by atoms with Crippen molar-refractivity contribution in [3.8, 4) is 0 Å². The van der Waals surface area contributed by atoms with Crippen LogP contribution in [0.4, 0.5) is 0 Å². The van der Waals surface area contributed by atoms with E-state index >= 15 is 0 Å². The van der Waals surface area contributed by atoms with Gasteiger partial charge in [0.05, 0.1) is 24.7 Å². The lowest BCUT2D eigenvalue weighted by atomic mass is 9.89. The van der Waals surface area contributed by atoms with Gasteiger partial charge in [-0.1, -0.05) is 19.1 Å². The van der Waals surface area contributed by atoms with Crippen LogP contribution in [0.15, 0.2) is 53.0 Å². The van der Waals surface area contributed by atoms with Crippen LogP contribution in [-0.4, -0.2) is 52.1 Å². The average molecular weight is 457 g/mol. The van der Waals surface area contributed by atoms with Crippen molar-refractivity contribution >= 4 is 23.0 Å². The number of likely N-dealkylation sites (N-methyl/N-ethyl adjacent to an activating group) is 1. The Hall–Kier alpha value is -2.83. The van der Waals surface area contributed by atoms with E-state index in [2.05, 4.69) is 57.4 Å². The van der Waals surface area contributed by atoms with Crippen molar-refractivity contribution in [2.75, 3.05) is 19.6 Å². The number of rotatable bonds is 4. The molecule has 1 amide bonds. The Bertz CT molecular complexity index is 1250. The van der Waals surface area contributed by atoms with Gasteiger partial charge in [0.2, 0.25) is 5.91 Å². The zero-order valence-electron chi connectivity index (χ0n) is 19.1. The van der Waals surface area contributed by atoms with Crippen LogP contribution in [0.25, 0.3) is 0 Å². The third-order valence-corrected chi connectivity index (χ3v) is 8.39. The minimum atomic E-state index is 0.230. The Labute approximate surface area is 198 Å². The van der Waals surface area contributed by atoms with E-state index in [9.17, 15) is 4.79 Å². The molecule has 168 valence electrons. The molecule has 1 aromatic carbocycles. The standard InChI is InChI=1S/C27H28N4OS/c1-3-30-15-23(25-5-4-8-33-25)24(16-30)31-14-21-11-22-20(10-19(21)12-26(31)32)13-29-27(22)18-6-7-28-17(2)9-18/h4-11,23-24H,3,12-16H2,1-2H3/t23-,24-/m1/s1. The number of thiophene rings is 1. The molecule has 0 bridgehead atoms. The molecule has 6 rings (SSSR count). The number of aromatic nitrogens is 1. The van der Waals surface area contributed by atoms with Crippen molar-refractivity contribution in [3.63, 3.8) is 0 Å². The number of aryl methyl sites for hydroxylation is 1. The molecule has 5 heterocycles.